The van der Waals surface area contributed by atoms with Crippen LogP contribution in [0.4, 0.5) is 8.78 Å². The number of benzene rings is 1. The van der Waals surface area contributed by atoms with E-state index in [9.17, 15) is 22.0 Å². The molecule has 2 N–H and O–H groups in total. The van der Waals surface area contributed by atoms with Gasteiger partial charge in [-0.2, -0.15) is 0 Å². The zero-order valence-corrected chi connectivity index (χ0v) is 12.1. The molecule has 0 heterocycles. The first kappa shape index (κ1) is 15.8. The van der Waals surface area contributed by atoms with Gasteiger partial charge in [-0.3, -0.25) is 0 Å². The van der Waals surface area contributed by atoms with E-state index in [1.54, 1.807) is 0 Å². The largest absolute Gasteiger partial charge is 0.478 e. The van der Waals surface area contributed by atoms with Crippen molar-refractivity contribution in [3.8, 4) is 0 Å². The third-order valence-corrected chi connectivity index (χ3v) is 4.98. The minimum absolute atomic E-state index is 0.0929. The van der Waals surface area contributed by atoms with Crippen LogP contribution < -0.4 is 4.72 Å². The molecule has 0 aliphatic heterocycles. The SMILES string of the molecule is CC(CNS(=O)(=O)c1cc(C(=O)O)cc(F)c1F)C1CC1. The van der Waals surface area contributed by atoms with Gasteiger partial charge in [0.15, 0.2) is 11.6 Å². The van der Waals surface area contributed by atoms with Gasteiger partial charge < -0.3 is 5.11 Å². The fourth-order valence-electron chi connectivity index (χ4n) is 2.03. The van der Waals surface area contributed by atoms with Crippen molar-refractivity contribution in [2.24, 2.45) is 11.8 Å². The van der Waals surface area contributed by atoms with Crippen LogP contribution in [-0.4, -0.2) is 26.0 Å². The van der Waals surface area contributed by atoms with E-state index in [-0.39, 0.29) is 12.5 Å². The number of aromatic carboxylic acids is 1. The van der Waals surface area contributed by atoms with Crippen molar-refractivity contribution in [3.63, 3.8) is 0 Å². The zero-order chi connectivity index (χ0) is 15.8. The Bertz CT molecular complexity index is 671. The Morgan fingerprint density at radius 2 is 2.05 bits per heavy atom. The van der Waals surface area contributed by atoms with E-state index in [0.29, 0.717) is 18.1 Å². The summed E-state index contributed by atoms with van der Waals surface area (Å²) in [7, 11) is -4.30. The van der Waals surface area contributed by atoms with Gasteiger partial charge in [-0.05, 0) is 36.8 Å². The first-order chi connectivity index (χ1) is 9.72. The molecule has 0 bridgehead atoms. The average molecular weight is 319 g/mol. The van der Waals surface area contributed by atoms with Gasteiger partial charge in [0.2, 0.25) is 10.0 Å². The van der Waals surface area contributed by atoms with Crippen LogP contribution in [0, 0.1) is 23.5 Å². The molecule has 2 rings (SSSR count). The van der Waals surface area contributed by atoms with Gasteiger partial charge in [-0.25, -0.2) is 26.7 Å². The van der Waals surface area contributed by atoms with E-state index in [2.05, 4.69) is 4.72 Å². The lowest BCUT2D eigenvalue weighted by Gasteiger charge is -2.13. The fraction of sp³-hybridized carbons (Fsp3) is 0.462. The van der Waals surface area contributed by atoms with Gasteiger partial charge >= 0.3 is 5.97 Å². The molecule has 1 atom stereocenters. The summed E-state index contributed by atoms with van der Waals surface area (Å²) in [6.07, 6.45) is 2.06. The van der Waals surface area contributed by atoms with Crippen molar-refractivity contribution in [1.82, 2.24) is 4.72 Å². The standard InChI is InChI=1S/C13H15F2NO4S/c1-7(8-2-3-8)6-16-21(19,20)11-5-9(13(17)18)4-10(14)12(11)15/h4-5,7-8,16H,2-3,6H2,1H3,(H,17,18). The molecule has 1 aliphatic carbocycles. The Balaban J connectivity index is 2.27. The van der Waals surface area contributed by atoms with Crippen molar-refractivity contribution in [3.05, 3.63) is 29.3 Å². The molecule has 116 valence electrons. The molecule has 0 amide bonds. The van der Waals surface area contributed by atoms with Crippen LogP contribution in [0.2, 0.25) is 0 Å². The minimum Gasteiger partial charge on any atom is -0.478 e. The highest BCUT2D eigenvalue weighted by molar-refractivity contribution is 7.89. The third-order valence-electron chi connectivity index (χ3n) is 3.55. The van der Waals surface area contributed by atoms with Crippen LogP contribution in [0.5, 0.6) is 0 Å². The lowest BCUT2D eigenvalue weighted by molar-refractivity contribution is 0.0696. The molecule has 5 nitrogen and oxygen atoms in total. The summed E-state index contributed by atoms with van der Waals surface area (Å²) in [6.45, 7) is 1.97. The normalized spacial score (nSPS) is 16.7. The summed E-state index contributed by atoms with van der Waals surface area (Å²) in [5.41, 5.74) is -0.621. The molecule has 1 fully saturated rings. The Labute approximate surface area is 121 Å². The lowest BCUT2D eigenvalue weighted by atomic mass is 10.1. The van der Waals surface area contributed by atoms with E-state index >= 15 is 0 Å². The number of nitrogens with one attached hydrogen (secondary N) is 1. The van der Waals surface area contributed by atoms with Crippen molar-refractivity contribution in [1.29, 1.82) is 0 Å². The second kappa shape index (κ2) is 5.69. The second-order valence-corrected chi connectivity index (χ2v) is 6.98. The van der Waals surface area contributed by atoms with Crippen LogP contribution >= 0.6 is 0 Å². The van der Waals surface area contributed by atoms with Crippen LogP contribution in [0.1, 0.15) is 30.1 Å². The molecule has 0 saturated heterocycles. The maximum Gasteiger partial charge on any atom is 0.335 e. The van der Waals surface area contributed by atoms with E-state index in [0.717, 1.165) is 12.8 Å². The summed E-state index contributed by atoms with van der Waals surface area (Å²) in [5, 5.41) is 8.79. The zero-order valence-electron chi connectivity index (χ0n) is 11.3. The van der Waals surface area contributed by atoms with E-state index < -0.39 is 38.1 Å². The van der Waals surface area contributed by atoms with Crippen LogP contribution in [0.25, 0.3) is 0 Å². The molecular weight excluding hydrogens is 304 g/mol. The Hall–Kier alpha value is -1.54. The molecule has 1 aromatic rings. The molecule has 0 aromatic heterocycles. The van der Waals surface area contributed by atoms with E-state index in [1.807, 2.05) is 6.92 Å². The van der Waals surface area contributed by atoms with Crippen molar-refractivity contribution in [2.75, 3.05) is 6.54 Å². The summed E-state index contributed by atoms with van der Waals surface area (Å²) in [4.78, 5) is 9.82. The predicted octanol–water partition coefficient (Wildman–Crippen LogP) is 1.99. The van der Waals surface area contributed by atoms with Gasteiger partial charge in [0.25, 0.3) is 0 Å². The van der Waals surface area contributed by atoms with Crippen LogP contribution in [0.3, 0.4) is 0 Å². The first-order valence-corrected chi connectivity index (χ1v) is 7.92. The molecule has 21 heavy (non-hydrogen) atoms. The number of carboxylic acids is 1. The number of sulfonamides is 1. The summed E-state index contributed by atoms with van der Waals surface area (Å²) < 4.78 is 53.2. The van der Waals surface area contributed by atoms with Gasteiger partial charge in [0.05, 0.1) is 5.56 Å². The summed E-state index contributed by atoms with van der Waals surface area (Å²) >= 11 is 0. The molecule has 8 heteroatoms. The van der Waals surface area contributed by atoms with Gasteiger partial charge in [-0.1, -0.05) is 6.92 Å². The Kier molecular flexibility index (Phi) is 4.29. The Morgan fingerprint density at radius 3 is 2.57 bits per heavy atom. The summed E-state index contributed by atoms with van der Waals surface area (Å²) in [6, 6.07) is 1.06. The highest BCUT2D eigenvalue weighted by atomic mass is 32.2. The number of hydrogen-bond acceptors (Lipinski definition) is 3. The number of carboxylic acid groups (broad SMARTS) is 1. The van der Waals surface area contributed by atoms with Gasteiger partial charge in [0, 0.05) is 6.54 Å². The third kappa shape index (κ3) is 3.56. The fourth-order valence-corrected chi connectivity index (χ4v) is 3.29. The number of hydrogen-bond donors (Lipinski definition) is 2. The van der Waals surface area contributed by atoms with E-state index in [1.165, 1.54) is 0 Å². The topological polar surface area (TPSA) is 83.5 Å². The van der Waals surface area contributed by atoms with Crippen LogP contribution in [0.15, 0.2) is 17.0 Å². The van der Waals surface area contributed by atoms with Crippen molar-refractivity contribution >= 4 is 16.0 Å². The Morgan fingerprint density at radius 1 is 1.43 bits per heavy atom. The predicted molar refractivity (Wildman–Crippen MR) is 70.4 cm³/mol. The molecule has 1 saturated carbocycles. The van der Waals surface area contributed by atoms with Gasteiger partial charge in [0.1, 0.15) is 4.90 Å². The van der Waals surface area contributed by atoms with Crippen molar-refractivity contribution in [2.45, 2.75) is 24.7 Å². The molecule has 1 aliphatic rings. The average Bonchev–Trinajstić information content (AvgIpc) is 3.23. The second-order valence-electron chi connectivity index (χ2n) is 5.24. The quantitative estimate of drug-likeness (QED) is 0.840. The summed E-state index contributed by atoms with van der Waals surface area (Å²) in [5.74, 6) is -4.08. The monoisotopic (exact) mass is 319 g/mol. The van der Waals surface area contributed by atoms with Crippen molar-refractivity contribution < 1.29 is 27.1 Å². The molecule has 0 radical (unpaired) electrons. The molecule has 1 aromatic carbocycles. The molecule has 1 unspecified atom stereocenters. The minimum atomic E-state index is -4.30. The highest BCUT2D eigenvalue weighted by Crippen LogP contribution is 2.36. The van der Waals surface area contributed by atoms with Gasteiger partial charge in [-0.15, -0.1) is 0 Å². The van der Waals surface area contributed by atoms with Crippen LogP contribution in [-0.2, 0) is 10.0 Å². The number of carbonyl (C=O) groups is 1. The smallest absolute Gasteiger partial charge is 0.335 e. The number of halogens is 2. The maximum atomic E-state index is 13.6. The first-order valence-electron chi connectivity index (χ1n) is 6.44. The molecule has 0 spiro atoms. The highest BCUT2D eigenvalue weighted by Gasteiger charge is 2.30. The molecular formula is C13H15F2NO4S. The maximum absolute atomic E-state index is 13.6. The lowest BCUT2D eigenvalue weighted by Crippen LogP contribution is -2.30. The van der Waals surface area contributed by atoms with E-state index in [4.69, 9.17) is 5.11 Å². The number of rotatable bonds is 6.